The van der Waals surface area contributed by atoms with Crippen LogP contribution >= 0.6 is 22.7 Å². The first-order chi connectivity index (χ1) is 17.0. The summed E-state index contributed by atoms with van der Waals surface area (Å²) in [7, 11) is 0. The summed E-state index contributed by atoms with van der Waals surface area (Å²) in [6, 6.07) is 7.88. The number of rotatable bonds is 6. The van der Waals surface area contributed by atoms with E-state index >= 15 is 0 Å². The number of carbonyl (C=O) groups excluding carboxylic acids is 2. The van der Waals surface area contributed by atoms with Crippen molar-refractivity contribution in [1.82, 2.24) is 4.98 Å². The molecule has 3 aromatic rings. The lowest BCUT2D eigenvalue weighted by Crippen LogP contribution is -2.43. The number of amides is 2. The maximum absolute atomic E-state index is 13.1. The molecule has 3 heterocycles. The summed E-state index contributed by atoms with van der Waals surface area (Å²) in [6.07, 6.45) is 4.80. The fourth-order valence-corrected chi connectivity index (χ4v) is 6.86. The summed E-state index contributed by atoms with van der Waals surface area (Å²) in [6.45, 7) is 4.06. The molecule has 2 aromatic heterocycles. The zero-order valence-electron chi connectivity index (χ0n) is 19.7. The number of thiophene rings is 1. The average molecular weight is 507 g/mol. The topological polar surface area (TPSA) is 95.3 Å². The minimum absolute atomic E-state index is 0.119. The van der Waals surface area contributed by atoms with E-state index in [4.69, 9.17) is 9.72 Å². The van der Waals surface area contributed by atoms with Gasteiger partial charge in [-0.25, -0.2) is 4.98 Å². The van der Waals surface area contributed by atoms with E-state index in [9.17, 15) is 14.9 Å². The van der Waals surface area contributed by atoms with Crippen LogP contribution in [0.4, 0.5) is 10.7 Å². The van der Waals surface area contributed by atoms with Crippen molar-refractivity contribution in [3.05, 3.63) is 44.6 Å². The van der Waals surface area contributed by atoms with Crippen molar-refractivity contribution in [3.8, 4) is 23.1 Å². The zero-order valence-corrected chi connectivity index (χ0v) is 21.4. The van der Waals surface area contributed by atoms with Gasteiger partial charge in [0.05, 0.1) is 22.0 Å². The van der Waals surface area contributed by atoms with Crippen LogP contribution in [-0.4, -0.2) is 29.9 Å². The molecule has 5 rings (SSSR count). The number of aromatic nitrogens is 1. The van der Waals surface area contributed by atoms with E-state index in [1.54, 1.807) is 11.3 Å². The van der Waals surface area contributed by atoms with E-state index in [2.05, 4.69) is 25.2 Å². The van der Waals surface area contributed by atoms with E-state index in [0.717, 1.165) is 53.9 Å². The summed E-state index contributed by atoms with van der Waals surface area (Å²) in [5.41, 5.74) is 3.90. The number of carbonyl (C=O) groups is 2. The summed E-state index contributed by atoms with van der Waals surface area (Å²) in [5.74, 6) is 0.514. The molecule has 180 valence electrons. The van der Waals surface area contributed by atoms with Crippen molar-refractivity contribution < 1.29 is 14.3 Å². The quantitative estimate of drug-likeness (QED) is 0.497. The number of hydrogen-bond acceptors (Lipinski definition) is 7. The molecule has 1 N–H and O–H groups in total. The van der Waals surface area contributed by atoms with Crippen molar-refractivity contribution in [2.75, 3.05) is 23.4 Å². The van der Waals surface area contributed by atoms with Crippen LogP contribution in [0.15, 0.2) is 23.6 Å². The van der Waals surface area contributed by atoms with Crippen molar-refractivity contribution in [3.63, 3.8) is 0 Å². The second kappa shape index (κ2) is 9.80. The predicted molar refractivity (Wildman–Crippen MR) is 138 cm³/mol. The molecule has 1 atom stereocenters. The van der Waals surface area contributed by atoms with Gasteiger partial charge in [-0.3, -0.25) is 14.5 Å². The summed E-state index contributed by atoms with van der Waals surface area (Å²) in [4.78, 5) is 33.1. The first-order valence-corrected chi connectivity index (χ1v) is 13.5. The first kappa shape index (κ1) is 23.5. The Morgan fingerprint density at radius 3 is 3.06 bits per heavy atom. The van der Waals surface area contributed by atoms with Crippen molar-refractivity contribution in [2.24, 2.45) is 5.92 Å². The lowest BCUT2D eigenvalue weighted by Gasteiger charge is -2.29. The van der Waals surface area contributed by atoms with E-state index in [0.29, 0.717) is 27.9 Å². The monoisotopic (exact) mass is 506 g/mol. The van der Waals surface area contributed by atoms with Crippen LogP contribution in [0.2, 0.25) is 0 Å². The van der Waals surface area contributed by atoms with Crippen LogP contribution in [0, 0.1) is 17.2 Å². The van der Waals surface area contributed by atoms with Crippen molar-refractivity contribution in [1.29, 1.82) is 5.26 Å². The van der Waals surface area contributed by atoms with Gasteiger partial charge in [-0.1, -0.05) is 13.8 Å². The molecule has 1 aromatic carbocycles. The Labute approximate surface area is 212 Å². The highest BCUT2D eigenvalue weighted by Gasteiger charge is 2.29. The highest BCUT2D eigenvalue weighted by Crippen LogP contribution is 2.40. The Morgan fingerprint density at radius 2 is 2.26 bits per heavy atom. The molecular formula is C26H26N4O3S2. The zero-order chi connectivity index (χ0) is 24.5. The van der Waals surface area contributed by atoms with E-state index in [1.165, 1.54) is 21.1 Å². The fourth-order valence-electron chi connectivity index (χ4n) is 4.57. The van der Waals surface area contributed by atoms with Crippen LogP contribution in [0.1, 0.15) is 47.7 Å². The van der Waals surface area contributed by atoms with Gasteiger partial charge in [-0.05, 0) is 61.8 Å². The molecule has 1 aliphatic heterocycles. The molecule has 2 amide bonds. The molecule has 1 aliphatic carbocycles. The molecule has 0 saturated heterocycles. The van der Waals surface area contributed by atoms with Crippen LogP contribution in [0.25, 0.3) is 11.3 Å². The third-order valence-electron chi connectivity index (χ3n) is 6.39. The summed E-state index contributed by atoms with van der Waals surface area (Å²) in [5, 5.41) is 16.3. The van der Waals surface area contributed by atoms with Crippen LogP contribution < -0.4 is 15.0 Å². The number of thiazole rings is 1. The summed E-state index contributed by atoms with van der Waals surface area (Å²) < 4.78 is 5.62. The molecule has 0 spiro atoms. The minimum Gasteiger partial charge on any atom is -0.482 e. The second-order valence-corrected chi connectivity index (χ2v) is 11.1. The van der Waals surface area contributed by atoms with Gasteiger partial charge in [0.15, 0.2) is 6.61 Å². The number of hydrogen-bond donors (Lipinski definition) is 1. The molecular weight excluding hydrogens is 480 g/mol. The van der Waals surface area contributed by atoms with Gasteiger partial charge in [-0.15, -0.1) is 22.7 Å². The number of ether oxygens (including phenoxy) is 1. The maximum Gasteiger partial charge on any atom is 0.265 e. The van der Waals surface area contributed by atoms with Crippen molar-refractivity contribution >= 4 is 45.2 Å². The lowest BCUT2D eigenvalue weighted by molar-refractivity contribution is -0.123. The Kier molecular flexibility index (Phi) is 6.58. The number of nitrogens with zero attached hydrogens (tertiary/aromatic N) is 3. The Morgan fingerprint density at radius 1 is 1.40 bits per heavy atom. The van der Waals surface area contributed by atoms with Gasteiger partial charge in [-0.2, -0.15) is 5.26 Å². The Balaban J connectivity index is 1.38. The number of benzene rings is 1. The van der Waals surface area contributed by atoms with E-state index in [1.807, 2.05) is 23.6 Å². The SMILES string of the molecule is CCCc1nc(-c2ccc3c(c2)N(CC(=O)Nc2sc4c(c2C#N)CCC(C)C4)C(=O)CO3)cs1. The number of fused-ring (bicyclic) bond motifs is 2. The van der Waals surface area contributed by atoms with Gasteiger partial charge < -0.3 is 10.1 Å². The normalized spacial score (nSPS) is 16.8. The Bertz CT molecular complexity index is 1340. The molecule has 0 bridgehead atoms. The number of nitriles is 1. The van der Waals surface area contributed by atoms with Gasteiger partial charge in [0.1, 0.15) is 23.4 Å². The number of aryl methyl sites for hydroxylation is 1. The van der Waals surface area contributed by atoms with E-state index in [-0.39, 0.29) is 25.0 Å². The average Bonchev–Trinajstić information content (AvgIpc) is 3.44. The number of anilines is 2. The highest BCUT2D eigenvalue weighted by molar-refractivity contribution is 7.16. The van der Waals surface area contributed by atoms with Crippen LogP contribution in [-0.2, 0) is 28.9 Å². The van der Waals surface area contributed by atoms with Crippen LogP contribution in [0.3, 0.4) is 0 Å². The molecule has 1 unspecified atom stereocenters. The highest BCUT2D eigenvalue weighted by atomic mass is 32.1. The van der Waals surface area contributed by atoms with Gasteiger partial charge in [0.2, 0.25) is 5.91 Å². The third kappa shape index (κ3) is 4.68. The van der Waals surface area contributed by atoms with Gasteiger partial charge in [0, 0.05) is 15.8 Å². The molecule has 0 fully saturated rings. The van der Waals surface area contributed by atoms with Crippen molar-refractivity contribution in [2.45, 2.75) is 46.0 Å². The molecule has 7 nitrogen and oxygen atoms in total. The third-order valence-corrected chi connectivity index (χ3v) is 8.47. The smallest absolute Gasteiger partial charge is 0.265 e. The van der Waals surface area contributed by atoms with Gasteiger partial charge in [0.25, 0.3) is 5.91 Å². The number of nitrogens with one attached hydrogen (secondary N) is 1. The Hall–Kier alpha value is -3.22. The molecule has 35 heavy (non-hydrogen) atoms. The fraction of sp³-hybridized carbons (Fsp3) is 0.385. The summed E-state index contributed by atoms with van der Waals surface area (Å²) >= 11 is 3.11. The molecule has 9 heteroatoms. The predicted octanol–water partition coefficient (Wildman–Crippen LogP) is 5.18. The van der Waals surface area contributed by atoms with Crippen LogP contribution in [0.5, 0.6) is 5.75 Å². The molecule has 2 aliphatic rings. The molecule has 0 radical (unpaired) electrons. The largest absolute Gasteiger partial charge is 0.482 e. The van der Waals surface area contributed by atoms with E-state index < -0.39 is 0 Å². The second-order valence-electron chi connectivity index (χ2n) is 9.04. The van der Waals surface area contributed by atoms with Gasteiger partial charge >= 0.3 is 0 Å². The first-order valence-electron chi connectivity index (χ1n) is 11.8. The maximum atomic E-state index is 13.1. The lowest BCUT2D eigenvalue weighted by atomic mass is 9.89. The standard InChI is InChI=1S/C26H26N4O3S2/c1-3-4-24-28-19(14-34-24)16-6-8-21-20(10-16)30(25(32)13-33-21)12-23(31)29-26-18(11-27)17-7-5-15(2)9-22(17)35-26/h6,8,10,14-15H,3-5,7,9,12-13H2,1-2H3,(H,29,31). The minimum atomic E-state index is -0.335. The molecule has 0 saturated carbocycles.